The van der Waals surface area contributed by atoms with Crippen LogP contribution >= 0.6 is 0 Å². The zero-order valence-electron chi connectivity index (χ0n) is 19.5. The molecule has 3 aromatic rings. The number of ketones is 1. The number of hydrogen-bond donors (Lipinski definition) is 0. The van der Waals surface area contributed by atoms with E-state index in [1.807, 2.05) is 10.6 Å². The molecule has 0 N–H and O–H groups in total. The average molecular weight is 476 g/mol. The summed E-state index contributed by atoms with van der Waals surface area (Å²) in [6.45, 7) is 2.14. The van der Waals surface area contributed by atoms with Gasteiger partial charge < -0.3 is 14.4 Å². The van der Waals surface area contributed by atoms with Crippen LogP contribution in [-0.4, -0.2) is 60.8 Å². The van der Waals surface area contributed by atoms with Crippen molar-refractivity contribution in [1.29, 1.82) is 0 Å². The Balaban J connectivity index is 1.68. The highest BCUT2D eigenvalue weighted by molar-refractivity contribution is 6.01. The summed E-state index contributed by atoms with van der Waals surface area (Å²) in [5.74, 6) is 0.0983. The topological polar surface area (TPSA) is 56.6 Å². The van der Waals surface area contributed by atoms with Gasteiger partial charge in [-0.3, -0.25) is 9.36 Å². The lowest BCUT2D eigenvalue weighted by atomic mass is 9.90. The van der Waals surface area contributed by atoms with Crippen LogP contribution in [0.3, 0.4) is 0 Å². The summed E-state index contributed by atoms with van der Waals surface area (Å²) in [7, 11) is 4.88. The van der Waals surface area contributed by atoms with E-state index in [1.54, 1.807) is 18.5 Å². The van der Waals surface area contributed by atoms with Crippen molar-refractivity contribution in [1.82, 2.24) is 14.5 Å². The fourth-order valence-electron chi connectivity index (χ4n) is 4.62. The first-order valence-electron chi connectivity index (χ1n) is 11.2. The predicted octanol–water partition coefficient (Wildman–Crippen LogP) is 5.38. The molecule has 1 atom stereocenters. The fourth-order valence-corrected chi connectivity index (χ4v) is 4.62. The fraction of sp³-hybridized carbons (Fsp3) is 0.440. The maximum atomic E-state index is 12.6. The minimum atomic E-state index is -4.42. The van der Waals surface area contributed by atoms with Crippen molar-refractivity contribution < 1.29 is 27.4 Å². The van der Waals surface area contributed by atoms with E-state index in [-0.39, 0.29) is 17.1 Å². The first-order valence-corrected chi connectivity index (χ1v) is 11.2. The molecule has 182 valence electrons. The van der Waals surface area contributed by atoms with Crippen molar-refractivity contribution in [2.45, 2.75) is 37.8 Å². The highest BCUT2D eigenvalue weighted by Gasteiger charge is 2.30. The molecule has 1 aliphatic rings. The summed E-state index contributed by atoms with van der Waals surface area (Å²) in [6.07, 6.45) is -2.30. The zero-order chi connectivity index (χ0) is 24.5. The summed E-state index contributed by atoms with van der Waals surface area (Å²) in [5.41, 5.74) is 3.60. The Bertz CT molecular complexity index is 1160. The van der Waals surface area contributed by atoms with Crippen molar-refractivity contribution in [3.8, 4) is 17.2 Å². The third-order valence-corrected chi connectivity index (χ3v) is 6.35. The first kappa shape index (κ1) is 24.1. The largest absolute Gasteiger partial charge is 0.496 e. The minimum Gasteiger partial charge on any atom is -0.496 e. The van der Waals surface area contributed by atoms with Crippen LogP contribution in [0.1, 0.15) is 47.5 Å². The number of benzene rings is 2. The molecule has 0 spiro atoms. The SMILES string of the molecule is COc1cc(-n2cnc3cc(C4CCCN(C)C4)ccc32)cc(OC)c1C(=O)CCC(F)(F)F. The molecule has 0 amide bonds. The highest BCUT2D eigenvalue weighted by Crippen LogP contribution is 2.36. The number of likely N-dealkylation sites (N-methyl/N-ethyl adjacent to an activating group) is 1. The summed E-state index contributed by atoms with van der Waals surface area (Å²) in [4.78, 5) is 19.5. The van der Waals surface area contributed by atoms with Gasteiger partial charge in [0.15, 0.2) is 5.78 Å². The standard InChI is InChI=1S/C25H28F3N3O3/c1-30-10-4-5-17(14-30)16-6-7-20-19(11-16)29-15-31(20)18-12-22(33-2)24(23(13-18)34-3)21(32)8-9-25(26,27)28/h6-7,11-13,15,17H,4-5,8-10,14H2,1-3H3. The van der Waals surface area contributed by atoms with E-state index in [0.717, 1.165) is 30.5 Å². The van der Waals surface area contributed by atoms with Crippen molar-refractivity contribution in [3.63, 3.8) is 0 Å². The second-order valence-electron chi connectivity index (χ2n) is 8.73. The van der Waals surface area contributed by atoms with E-state index in [2.05, 4.69) is 29.1 Å². The van der Waals surface area contributed by atoms with E-state index in [0.29, 0.717) is 11.6 Å². The summed E-state index contributed by atoms with van der Waals surface area (Å²) in [6, 6.07) is 9.49. The average Bonchev–Trinajstić information content (AvgIpc) is 3.24. The molecule has 0 bridgehead atoms. The number of likely N-dealkylation sites (tertiary alicyclic amines) is 1. The number of ether oxygens (including phenoxy) is 2. The summed E-state index contributed by atoms with van der Waals surface area (Å²) < 4.78 is 50.5. The van der Waals surface area contributed by atoms with E-state index in [9.17, 15) is 18.0 Å². The smallest absolute Gasteiger partial charge is 0.389 e. The Hall–Kier alpha value is -3.07. The normalized spacial score (nSPS) is 17.2. The summed E-state index contributed by atoms with van der Waals surface area (Å²) in [5, 5.41) is 0. The number of Topliss-reactive ketones (excluding diaryl/α,β-unsaturated/α-hetero) is 1. The Kier molecular flexibility index (Phi) is 6.84. The molecule has 0 radical (unpaired) electrons. The van der Waals surface area contributed by atoms with Gasteiger partial charge in [0, 0.05) is 25.1 Å². The van der Waals surface area contributed by atoms with Crippen LogP contribution in [0.2, 0.25) is 0 Å². The number of fused-ring (bicyclic) bond motifs is 1. The van der Waals surface area contributed by atoms with Gasteiger partial charge in [0.05, 0.1) is 37.4 Å². The Morgan fingerprint density at radius 1 is 1.15 bits per heavy atom. The van der Waals surface area contributed by atoms with Crippen LogP contribution in [0.4, 0.5) is 13.2 Å². The van der Waals surface area contributed by atoms with Crippen molar-refractivity contribution in [2.75, 3.05) is 34.4 Å². The van der Waals surface area contributed by atoms with Crippen molar-refractivity contribution in [2.24, 2.45) is 0 Å². The van der Waals surface area contributed by atoms with E-state index < -0.39 is 24.8 Å². The molecule has 1 aliphatic heterocycles. The molecule has 0 aliphatic carbocycles. The van der Waals surface area contributed by atoms with Crippen LogP contribution in [-0.2, 0) is 0 Å². The number of halogens is 3. The van der Waals surface area contributed by atoms with Crippen LogP contribution in [0.25, 0.3) is 16.7 Å². The number of imidazole rings is 1. The van der Waals surface area contributed by atoms with Gasteiger partial charge in [-0.2, -0.15) is 13.2 Å². The molecule has 2 heterocycles. The number of carbonyl (C=O) groups excluding carboxylic acids is 1. The number of alkyl halides is 3. The molecule has 1 saturated heterocycles. The molecular weight excluding hydrogens is 447 g/mol. The number of piperidine rings is 1. The molecule has 6 nitrogen and oxygen atoms in total. The number of hydrogen-bond acceptors (Lipinski definition) is 5. The van der Waals surface area contributed by atoms with E-state index in [4.69, 9.17) is 9.47 Å². The van der Waals surface area contributed by atoms with Gasteiger partial charge in [-0.25, -0.2) is 4.98 Å². The highest BCUT2D eigenvalue weighted by atomic mass is 19.4. The van der Waals surface area contributed by atoms with Crippen molar-refractivity contribution in [3.05, 3.63) is 47.8 Å². The predicted molar refractivity (Wildman–Crippen MR) is 123 cm³/mol. The number of rotatable bonds is 7. The lowest BCUT2D eigenvalue weighted by molar-refractivity contribution is -0.133. The van der Waals surface area contributed by atoms with Crippen LogP contribution in [0, 0.1) is 0 Å². The molecule has 1 aromatic heterocycles. The molecule has 4 rings (SSSR count). The monoisotopic (exact) mass is 475 g/mol. The van der Waals surface area contributed by atoms with Gasteiger partial charge >= 0.3 is 6.18 Å². The summed E-state index contributed by atoms with van der Waals surface area (Å²) >= 11 is 0. The van der Waals surface area contributed by atoms with Gasteiger partial charge in [0.2, 0.25) is 0 Å². The first-order chi connectivity index (χ1) is 16.2. The molecule has 2 aromatic carbocycles. The number of carbonyl (C=O) groups is 1. The van der Waals surface area contributed by atoms with Gasteiger partial charge in [0.1, 0.15) is 23.4 Å². The van der Waals surface area contributed by atoms with Gasteiger partial charge in [0.25, 0.3) is 0 Å². The Morgan fingerprint density at radius 3 is 2.47 bits per heavy atom. The zero-order valence-corrected chi connectivity index (χ0v) is 19.5. The number of aromatic nitrogens is 2. The van der Waals surface area contributed by atoms with Crippen LogP contribution in [0.15, 0.2) is 36.7 Å². The third-order valence-electron chi connectivity index (χ3n) is 6.35. The molecule has 34 heavy (non-hydrogen) atoms. The van der Waals surface area contributed by atoms with Gasteiger partial charge in [-0.05, 0) is 50.0 Å². The molecular formula is C25H28F3N3O3. The van der Waals surface area contributed by atoms with Crippen molar-refractivity contribution >= 4 is 16.8 Å². The molecule has 1 fully saturated rings. The molecule has 0 saturated carbocycles. The Morgan fingerprint density at radius 2 is 1.85 bits per heavy atom. The lowest BCUT2D eigenvalue weighted by Gasteiger charge is -2.29. The number of methoxy groups -OCH3 is 2. The van der Waals surface area contributed by atoms with Crippen LogP contribution < -0.4 is 9.47 Å². The second-order valence-corrected chi connectivity index (χ2v) is 8.73. The van der Waals surface area contributed by atoms with Gasteiger partial charge in [-0.1, -0.05) is 6.07 Å². The maximum absolute atomic E-state index is 12.6. The lowest BCUT2D eigenvalue weighted by Crippen LogP contribution is -2.30. The molecule has 9 heteroatoms. The number of nitrogens with zero attached hydrogens (tertiary/aromatic N) is 3. The molecule has 1 unspecified atom stereocenters. The Labute approximate surface area is 196 Å². The second kappa shape index (κ2) is 9.66. The van der Waals surface area contributed by atoms with E-state index >= 15 is 0 Å². The van der Waals surface area contributed by atoms with E-state index in [1.165, 1.54) is 26.2 Å². The maximum Gasteiger partial charge on any atom is 0.389 e. The van der Waals surface area contributed by atoms with Gasteiger partial charge in [-0.15, -0.1) is 0 Å². The van der Waals surface area contributed by atoms with Crippen LogP contribution in [0.5, 0.6) is 11.5 Å². The minimum absolute atomic E-state index is 0.00567. The quantitative estimate of drug-likeness (QED) is 0.430. The third kappa shape index (κ3) is 5.04.